The number of alkyl carbamates (subject to hydrolysis) is 1. The maximum absolute atomic E-state index is 14.7. The number of benzene rings is 1. The largest absolute Gasteiger partial charge is 0.523 e. The molecule has 10 heteroatoms. The summed E-state index contributed by atoms with van der Waals surface area (Å²) in [5.74, 6) is 0.0579. The Morgan fingerprint density at radius 1 is 1.09 bits per heavy atom. The Kier molecular flexibility index (Phi) is 10.7. The minimum Gasteiger partial charge on any atom is -0.469 e. The lowest BCUT2D eigenvalue weighted by molar-refractivity contribution is -0.794. The van der Waals surface area contributed by atoms with Gasteiger partial charge in [0.2, 0.25) is 0 Å². The second-order valence-corrected chi connectivity index (χ2v) is 13.1. The molecular weight excluding hydrogens is 586 g/mol. The monoisotopic (exact) mass is 634 g/mol. The molecule has 0 spiro atoms. The number of nitrogens with one attached hydrogen (secondary N) is 1. The molecule has 46 heavy (non-hydrogen) atoms. The van der Waals surface area contributed by atoms with Gasteiger partial charge in [-0.1, -0.05) is 43.2 Å². The van der Waals surface area contributed by atoms with E-state index in [0.29, 0.717) is 30.7 Å². The highest BCUT2D eigenvalue weighted by Crippen LogP contribution is 2.37. The zero-order valence-corrected chi connectivity index (χ0v) is 27.2. The molecule has 0 bridgehead atoms. The summed E-state index contributed by atoms with van der Waals surface area (Å²) in [5, 5.41) is 4.25. The number of allylic oxidation sites excluding steroid dienone is 2. The van der Waals surface area contributed by atoms with Gasteiger partial charge in [-0.15, -0.1) is 13.2 Å². The first kappa shape index (κ1) is 33.4. The van der Waals surface area contributed by atoms with Crippen LogP contribution in [-0.4, -0.2) is 65.1 Å². The molecule has 2 saturated carbocycles. The number of carbonyl (C=O) groups excluding carboxylic acids is 3. The van der Waals surface area contributed by atoms with Crippen molar-refractivity contribution in [2.24, 2.45) is 11.8 Å². The number of ether oxygens (including phenoxy) is 3. The number of fused-ring (bicyclic) bond motifs is 1. The number of amides is 3. The summed E-state index contributed by atoms with van der Waals surface area (Å²) in [5.41, 5.74) is -0.174. The number of imide groups is 1. The summed E-state index contributed by atoms with van der Waals surface area (Å²) in [6.07, 6.45) is 9.32. The lowest BCUT2D eigenvalue weighted by Crippen LogP contribution is -2.66. The maximum atomic E-state index is 14.7. The highest BCUT2D eigenvalue weighted by molar-refractivity contribution is 5.88. The second-order valence-electron chi connectivity index (χ2n) is 13.1. The molecule has 2 heterocycles. The number of likely N-dealkylation sites (tertiary alicyclic amines) is 1. The van der Waals surface area contributed by atoms with Gasteiger partial charge in [0.1, 0.15) is 18.7 Å². The van der Waals surface area contributed by atoms with Crippen molar-refractivity contribution in [3.63, 3.8) is 0 Å². The molecular formula is C36H48N3O7+. The van der Waals surface area contributed by atoms with Crippen molar-refractivity contribution >= 4 is 28.9 Å². The van der Waals surface area contributed by atoms with Gasteiger partial charge >= 0.3 is 18.1 Å². The van der Waals surface area contributed by atoms with Crippen LogP contribution in [0.3, 0.4) is 0 Å². The van der Waals surface area contributed by atoms with Crippen molar-refractivity contribution in [2.45, 2.75) is 102 Å². The predicted molar refractivity (Wildman–Crippen MR) is 175 cm³/mol. The fourth-order valence-electron chi connectivity index (χ4n) is 7.87. The van der Waals surface area contributed by atoms with E-state index in [0.717, 1.165) is 56.8 Å². The first-order valence-electron chi connectivity index (χ1n) is 16.7. The molecule has 10 nitrogen and oxygen atoms in total. The Balaban J connectivity index is 1.42. The molecule has 5 rings (SSSR count). The molecule has 3 fully saturated rings. The fourth-order valence-corrected chi connectivity index (χ4v) is 7.87. The van der Waals surface area contributed by atoms with Crippen molar-refractivity contribution in [3.8, 4) is 5.88 Å². The van der Waals surface area contributed by atoms with Gasteiger partial charge < -0.3 is 19.5 Å². The normalized spacial score (nSPS) is 26.8. The molecule has 3 aliphatic rings. The van der Waals surface area contributed by atoms with Crippen LogP contribution in [-0.2, 0) is 20.8 Å². The van der Waals surface area contributed by atoms with Crippen LogP contribution in [0.15, 0.2) is 60.4 Å². The van der Waals surface area contributed by atoms with Crippen molar-refractivity contribution < 1.29 is 33.1 Å². The van der Waals surface area contributed by atoms with E-state index in [-0.39, 0.29) is 30.0 Å². The summed E-state index contributed by atoms with van der Waals surface area (Å²) in [4.78, 5) is 55.2. The van der Waals surface area contributed by atoms with E-state index in [2.05, 4.69) is 18.5 Å². The molecule has 1 unspecified atom stereocenters. The van der Waals surface area contributed by atoms with E-state index in [1.807, 2.05) is 37.3 Å². The number of nitrogens with zero attached hydrogens (tertiary/aromatic N) is 2. The molecule has 0 radical (unpaired) electrons. The molecule has 248 valence electrons. The molecule has 1 saturated heterocycles. The van der Waals surface area contributed by atoms with Crippen LogP contribution < -0.4 is 15.6 Å². The number of pyridine rings is 1. The maximum Gasteiger partial charge on any atom is 0.523 e. The van der Waals surface area contributed by atoms with Crippen molar-refractivity contribution in [3.05, 3.63) is 66.0 Å². The molecule has 1 aliphatic heterocycles. The van der Waals surface area contributed by atoms with Gasteiger partial charge in [0, 0.05) is 24.4 Å². The first-order chi connectivity index (χ1) is 22.2. The summed E-state index contributed by atoms with van der Waals surface area (Å²) >= 11 is 0. The lowest BCUT2D eigenvalue weighted by atomic mass is 9.95. The van der Waals surface area contributed by atoms with Crippen LogP contribution in [0.2, 0.25) is 0 Å². The molecule has 2 aliphatic carbocycles. The van der Waals surface area contributed by atoms with E-state index in [4.69, 9.17) is 14.2 Å². The average Bonchev–Trinajstić information content (AvgIpc) is 3.81. The van der Waals surface area contributed by atoms with Gasteiger partial charge in [0.05, 0.1) is 7.11 Å². The quantitative estimate of drug-likeness (QED) is 0.229. The highest BCUT2D eigenvalue weighted by Gasteiger charge is 2.61. The lowest BCUT2D eigenvalue weighted by Gasteiger charge is -2.35. The number of carbonyl (C=O) groups is 3. The van der Waals surface area contributed by atoms with Crippen LogP contribution in [0.1, 0.15) is 71.1 Å². The number of hydrogen-bond donors (Lipinski definition) is 1. The molecule has 1 aromatic heterocycles. The van der Waals surface area contributed by atoms with E-state index < -0.39 is 40.8 Å². The summed E-state index contributed by atoms with van der Waals surface area (Å²) in [6, 6.07) is 7.76. The number of methoxy groups -OCH3 is 1. The summed E-state index contributed by atoms with van der Waals surface area (Å²) in [6.45, 7) is 9.86. The van der Waals surface area contributed by atoms with Crippen LogP contribution in [0.25, 0.3) is 10.8 Å². The molecule has 1 aromatic carbocycles. The van der Waals surface area contributed by atoms with Gasteiger partial charge in [-0.25, -0.2) is 9.59 Å². The van der Waals surface area contributed by atoms with E-state index in [1.165, 1.54) is 7.11 Å². The Morgan fingerprint density at radius 3 is 2.57 bits per heavy atom. The standard InChI is InChI=1S/C36H47N3O7/c1-5-7-20-38-31(22-27-16-10-11-18-29(27)33(38)40)45-28-21-24(3)39(23-28,36(43)44-4)34(41)32(26-14-8-9-15-26)37-35(42)46-30-19-12-17-25(30)13-6-2/h5-6,10-11,16,18,22,24-26,28,30,32H,1-2,7-9,12-15,17,19-21,23H2,3-4H3/p+1/t24-,25-,28-,30-,32+,39?/m1/s1. The number of quaternary nitrogens is 1. The van der Waals surface area contributed by atoms with Gasteiger partial charge in [-0.3, -0.25) is 9.36 Å². The van der Waals surface area contributed by atoms with Crippen LogP contribution in [0.5, 0.6) is 5.88 Å². The van der Waals surface area contributed by atoms with Gasteiger partial charge in [0.25, 0.3) is 5.56 Å². The Morgan fingerprint density at radius 2 is 1.85 bits per heavy atom. The second kappa shape index (κ2) is 14.7. The van der Waals surface area contributed by atoms with Crippen molar-refractivity contribution in [1.82, 2.24) is 9.88 Å². The molecule has 3 amide bonds. The molecule has 6 atom stereocenters. The van der Waals surface area contributed by atoms with Gasteiger partial charge in [0.15, 0.2) is 18.0 Å². The number of aromatic nitrogens is 1. The predicted octanol–water partition coefficient (Wildman–Crippen LogP) is 6.26. The molecule has 2 aromatic rings. The Hall–Kier alpha value is -3.92. The SMILES string of the molecule is C=CCCn1c(O[C@@H]2C[C@@H](C)[N+](C(=O)OC)(C(=O)[C@@H](NC(=O)O[C@@H]3CCC[C@H]3CC=C)C3CCCC3)C2)cc2ccccc2c1=O. The third kappa shape index (κ3) is 6.63. The van der Waals surface area contributed by atoms with Gasteiger partial charge in [-0.05, 0) is 75.2 Å². The van der Waals surface area contributed by atoms with E-state index in [1.54, 1.807) is 16.7 Å². The van der Waals surface area contributed by atoms with Crippen LogP contribution in [0, 0.1) is 11.8 Å². The Bertz CT molecular complexity index is 1510. The molecule has 1 N–H and O–H groups in total. The van der Waals surface area contributed by atoms with Crippen molar-refractivity contribution in [1.29, 1.82) is 0 Å². The topological polar surface area (TPSA) is 113 Å². The smallest absolute Gasteiger partial charge is 0.469 e. The van der Waals surface area contributed by atoms with Crippen LogP contribution >= 0.6 is 0 Å². The minimum absolute atomic E-state index is 0.0130. The van der Waals surface area contributed by atoms with E-state index in [9.17, 15) is 19.2 Å². The Labute approximate surface area is 271 Å². The number of hydrogen-bond acceptors (Lipinski definition) is 7. The number of rotatable bonds is 11. The fraction of sp³-hybridized carbons (Fsp3) is 0.556. The van der Waals surface area contributed by atoms with Crippen LogP contribution in [0.4, 0.5) is 9.59 Å². The summed E-state index contributed by atoms with van der Waals surface area (Å²) in [7, 11) is 1.28. The average molecular weight is 635 g/mol. The third-order valence-electron chi connectivity index (χ3n) is 10.3. The minimum atomic E-state index is -0.916. The first-order valence-corrected chi connectivity index (χ1v) is 16.7. The van der Waals surface area contributed by atoms with Gasteiger partial charge in [-0.2, -0.15) is 9.28 Å². The highest BCUT2D eigenvalue weighted by atomic mass is 16.6. The summed E-state index contributed by atoms with van der Waals surface area (Å²) < 4.78 is 18.6. The zero-order chi connectivity index (χ0) is 32.8. The third-order valence-corrected chi connectivity index (χ3v) is 10.3. The van der Waals surface area contributed by atoms with Crippen molar-refractivity contribution in [2.75, 3.05) is 13.7 Å². The zero-order valence-electron chi connectivity index (χ0n) is 27.2. The van der Waals surface area contributed by atoms with E-state index >= 15 is 0 Å².